The number of carbonyl (C=O) groups is 1. The van der Waals surface area contributed by atoms with Crippen LogP contribution in [0, 0.1) is 0 Å². The summed E-state index contributed by atoms with van der Waals surface area (Å²) < 4.78 is 32.5. The Morgan fingerprint density at radius 1 is 0.867 bits per heavy atom. The predicted molar refractivity (Wildman–Crippen MR) is 117 cm³/mol. The normalized spacial score (nSPS) is 12.0. The fourth-order valence-electron chi connectivity index (χ4n) is 2.89. The molecule has 3 aromatic carbocycles. The van der Waals surface area contributed by atoms with E-state index in [9.17, 15) is 13.2 Å². The molecule has 1 atom stereocenters. The zero-order chi connectivity index (χ0) is 21.4. The second kappa shape index (κ2) is 9.93. The van der Waals surface area contributed by atoms with Crippen LogP contribution >= 0.6 is 0 Å². The van der Waals surface area contributed by atoms with E-state index in [4.69, 9.17) is 4.74 Å². The van der Waals surface area contributed by atoms with E-state index in [0.717, 1.165) is 11.1 Å². The Morgan fingerprint density at radius 2 is 1.47 bits per heavy atom. The summed E-state index contributed by atoms with van der Waals surface area (Å²) >= 11 is 0. The van der Waals surface area contributed by atoms with Crippen LogP contribution in [0.5, 0.6) is 0 Å². The molecule has 0 bridgehead atoms. The van der Waals surface area contributed by atoms with Gasteiger partial charge in [-0.05, 0) is 48.7 Å². The first-order valence-corrected chi connectivity index (χ1v) is 11.0. The molecule has 0 aliphatic rings. The van der Waals surface area contributed by atoms with Gasteiger partial charge in [-0.3, -0.25) is 4.72 Å². The van der Waals surface area contributed by atoms with Gasteiger partial charge < -0.3 is 10.1 Å². The molecule has 0 aliphatic carbocycles. The van der Waals surface area contributed by atoms with Gasteiger partial charge in [0.15, 0.2) is 0 Å². The Balaban J connectivity index is 1.49. The van der Waals surface area contributed by atoms with Gasteiger partial charge in [0.25, 0.3) is 10.0 Å². The quantitative estimate of drug-likeness (QED) is 0.563. The second-order valence-corrected chi connectivity index (χ2v) is 8.61. The van der Waals surface area contributed by atoms with Crippen LogP contribution in [0.2, 0.25) is 0 Å². The molecule has 0 fully saturated rings. The number of benzene rings is 3. The first-order valence-electron chi connectivity index (χ1n) is 9.56. The third kappa shape index (κ3) is 6.35. The smallest absolute Gasteiger partial charge is 0.407 e. The van der Waals surface area contributed by atoms with Crippen LogP contribution in [-0.2, 0) is 27.8 Å². The third-order valence-corrected chi connectivity index (χ3v) is 5.78. The van der Waals surface area contributed by atoms with Gasteiger partial charge in [-0.25, -0.2) is 13.2 Å². The monoisotopic (exact) mass is 424 g/mol. The van der Waals surface area contributed by atoms with Crippen LogP contribution in [0.15, 0.2) is 89.8 Å². The van der Waals surface area contributed by atoms with Crippen LogP contribution < -0.4 is 10.0 Å². The summed E-state index contributed by atoms with van der Waals surface area (Å²) in [6, 6.07) is 24.6. The van der Waals surface area contributed by atoms with Gasteiger partial charge in [0, 0.05) is 11.7 Å². The Hall–Kier alpha value is -3.32. The van der Waals surface area contributed by atoms with Crippen LogP contribution in [0.25, 0.3) is 0 Å². The zero-order valence-electron chi connectivity index (χ0n) is 16.6. The number of anilines is 1. The lowest BCUT2D eigenvalue weighted by Crippen LogP contribution is -2.34. The van der Waals surface area contributed by atoms with E-state index in [0.29, 0.717) is 12.1 Å². The highest BCUT2D eigenvalue weighted by Gasteiger charge is 2.14. The van der Waals surface area contributed by atoms with Crippen molar-refractivity contribution in [1.29, 1.82) is 0 Å². The first kappa shape index (κ1) is 21.4. The molecule has 0 saturated carbocycles. The fraction of sp³-hybridized carbons (Fsp3) is 0.174. The lowest BCUT2D eigenvalue weighted by atomic mass is 10.1. The van der Waals surface area contributed by atoms with Crippen molar-refractivity contribution in [3.63, 3.8) is 0 Å². The number of rotatable bonds is 8. The molecule has 0 radical (unpaired) electrons. The fourth-order valence-corrected chi connectivity index (χ4v) is 3.97. The maximum atomic E-state index is 12.4. The first-order chi connectivity index (χ1) is 14.4. The Morgan fingerprint density at radius 3 is 2.10 bits per heavy atom. The van der Waals surface area contributed by atoms with Crippen molar-refractivity contribution in [1.82, 2.24) is 5.32 Å². The molecular weight excluding hydrogens is 400 g/mol. The minimum atomic E-state index is -3.62. The van der Waals surface area contributed by atoms with E-state index in [1.54, 1.807) is 42.5 Å². The van der Waals surface area contributed by atoms with Crippen LogP contribution in [0.4, 0.5) is 10.5 Å². The van der Waals surface area contributed by atoms with Gasteiger partial charge in [0.1, 0.15) is 6.61 Å². The van der Waals surface area contributed by atoms with Crippen LogP contribution in [0.1, 0.15) is 18.1 Å². The topological polar surface area (TPSA) is 84.5 Å². The van der Waals surface area contributed by atoms with Crippen molar-refractivity contribution in [3.05, 3.63) is 96.1 Å². The zero-order valence-corrected chi connectivity index (χ0v) is 17.4. The number of amides is 1. The SMILES string of the molecule is CC(Cc1ccc(NS(=O)(=O)c2ccccc2)cc1)NC(=O)OCc1ccccc1. The molecule has 0 heterocycles. The van der Waals surface area contributed by atoms with Crippen molar-refractivity contribution >= 4 is 21.8 Å². The molecule has 1 unspecified atom stereocenters. The third-order valence-electron chi connectivity index (χ3n) is 4.38. The number of nitrogens with one attached hydrogen (secondary N) is 2. The Labute approximate surface area is 177 Å². The molecule has 6 nitrogen and oxygen atoms in total. The molecular formula is C23H24N2O4S. The van der Waals surface area contributed by atoms with Gasteiger partial charge in [-0.15, -0.1) is 0 Å². The summed E-state index contributed by atoms with van der Waals surface area (Å²) in [6.45, 7) is 2.10. The van der Waals surface area contributed by atoms with Gasteiger partial charge in [0.05, 0.1) is 4.90 Å². The van der Waals surface area contributed by atoms with E-state index in [1.807, 2.05) is 49.4 Å². The minimum Gasteiger partial charge on any atom is -0.445 e. The number of ether oxygens (including phenoxy) is 1. The second-order valence-electron chi connectivity index (χ2n) is 6.93. The van der Waals surface area contributed by atoms with Gasteiger partial charge >= 0.3 is 6.09 Å². The average Bonchev–Trinajstić information content (AvgIpc) is 2.75. The summed E-state index contributed by atoms with van der Waals surface area (Å²) in [5, 5.41) is 2.80. The largest absolute Gasteiger partial charge is 0.445 e. The summed E-state index contributed by atoms with van der Waals surface area (Å²) in [6.07, 6.45) is 0.116. The van der Waals surface area contributed by atoms with E-state index < -0.39 is 16.1 Å². The standard InChI is InChI=1S/C23H24N2O4S/c1-18(24-23(26)29-17-20-8-4-2-5-9-20)16-19-12-14-21(15-13-19)25-30(27,28)22-10-6-3-7-11-22/h2-15,18,25H,16-17H2,1H3,(H,24,26). The van der Waals surface area contributed by atoms with E-state index >= 15 is 0 Å². The summed E-state index contributed by atoms with van der Waals surface area (Å²) in [5.74, 6) is 0. The van der Waals surface area contributed by atoms with Crippen molar-refractivity contribution in [3.8, 4) is 0 Å². The van der Waals surface area contributed by atoms with E-state index in [2.05, 4.69) is 10.0 Å². The number of hydrogen-bond donors (Lipinski definition) is 2. The van der Waals surface area contributed by atoms with Gasteiger partial charge in [0.2, 0.25) is 0 Å². The van der Waals surface area contributed by atoms with E-state index in [-0.39, 0.29) is 17.5 Å². The molecule has 30 heavy (non-hydrogen) atoms. The lowest BCUT2D eigenvalue weighted by Gasteiger charge is -2.15. The van der Waals surface area contributed by atoms with Gasteiger partial charge in [-0.1, -0.05) is 60.7 Å². The molecule has 0 aromatic heterocycles. The van der Waals surface area contributed by atoms with Crippen molar-refractivity contribution in [2.24, 2.45) is 0 Å². The number of hydrogen-bond acceptors (Lipinski definition) is 4. The van der Waals surface area contributed by atoms with Crippen LogP contribution in [0.3, 0.4) is 0 Å². The highest BCUT2D eigenvalue weighted by Crippen LogP contribution is 2.17. The molecule has 0 saturated heterocycles. The highest BCUT2D eigenvalue weighted by atomic mass is 32.2. The summed E-state index contributed by atoms with van der Waals surface area (Å²) in [7, 11) is -3.62. The maximum absolute atomic E-state index is 12.4. The Kier molecular flexibility index (Phi) is 7.08. The lowest BCUT2D eigenvalue weighted by molar-refractivity contribution is 0.136. The number of sulfonamides is 1. The minimum absolute atomic E-state index is 0.139. The summed E-state index contributed by atoms with van der Waals surface area (Å²) in [4.78, 5) is 12.2. The van der Waals surface area contributed by atoms with Crippen molar-refractivity contribution in [2.45, 2.75) is 30.9 Å². The molecule has 156 valence electrons. The van der Waals surface area contributed by atoms with Crippen LogP contribution in [-0.4, -0.2) is 20.6 Å². The molecule has 2 N–H and O–H groups in total. The molecule has 0 aliphatic heterocycles. The maximum Gasteiger partial charge on any atom is 0.407 e. The van der Waals surface area contributed by atoms with Gasteiger partial charge in [-0.2, -0.15) is 0 Å². The molecule has 3 rings (SSSR count). The Bertz CT molecular complexity index is 1050. The molecule has 1 amide bonds. The number of carbonyl (C=O) groups excluding carboxylic acids is 1. The molecule has 7 heteroatoms. The predicted octanol–water partition coefficient (Wildman–Crippen LogP) is 4.34. The van der Waals surface area contributed by atoms with E-state index in [1.165, 1.54) is 0 Å². The van der Waals surface area contributed by atoms with Crippen molar-refractivity contribution in [2.75, 3.05) is 4.72 Å². The number of alkyl carbamates (subject to hydrolysis) is 1. The molecule has 0 spiro atoms. The molecule has 3 aromatic rings. The highest BCUT2D eigenvalue weighted by molar-refractivity contribution is 7.92. The average molecular weight is 425 g/mol. The summed E-state index contributed by atoms with van der Waals surface area (Å²) in [5.41, 5.74) is 2.37. The van der Waals surface area contributed by atoms with Crippen molar-refractivity contribution < 1.29 is 17.9 Å².